The van der Waals surface area contributed by atoms with Gasteiger partial charge in [0.15, 0.2) is 0 Å². The highest BCUT2D eigenvalue weighted by Crippen LogP contribution is 2.61. The number of nitrogens with one attached hydrogen (secondary N) is 1. The van der Waals surface area contributed by atoms with E-state index in [0.717, 1.165) is 29.9 Å². The average Bonchev–Trinajstić information content (AvgIpc) is 2.78. The van der Waals surface area contributed by atoms with Crippen LogP contribution in [0.2, 0.25) is 0 Å². The first-order valence-electron chi connectivity index (χ1n) is 12.4. The number of rotatable bonds is 5. The summed E-state index contributed by atoms with van der Waals surface area (Å²) >= 11 is 0. The molecule has 1 unspecified atom stereocenters. The fraction of sp³-hybridized carbons (Fsp3) is 0.720. The molecule has 4 aliphatic carbocycles. The van der Waals surface area contributed by atoms with Crippen molar-refractivity contribution in [2.45, 2.75) is 75.4 Å². The summed E-state index contributed by atoms with van der Waals surface area (Å²) in [7, 11) is -4.05. The molecule has 4 saturated carbocycles. The first-order chi connectivity index (χ1) is 16.0. The zero-order valence-electron chi connectivity index (χ0n) is 19.5. The standard InChI is InChI=1S/C25H33F3N2O3S/c1-16(24-13-17-9-18(14-24)11-19(10-17)15-24)29-23(31)20-5-7-30(8-6-20)34(32,33)22-4-2-3-21(12-22)25(26,27)28/h2-4,12,16-20H,5-11,13-15H2,1H3,(H,29,31). The first-order valence-corrected chi connectivity index (χ1v) is 13.9. The fourth-order valence-corrected chi connectivity index (χ4v) is 9.05. The molecular weight excluding hydrogens is 465 g/mol. The molecule has 1 saturated heterocycles. The van der Waals surface area contributed by atoms with Crippen molar-refractivity contribution in [2.24, 2.45) is 29.1 Å². The van der Waals surface area contributed by atoms with E-state index in [1.54, 1.807) is 0 Å². The zero-order valence-corrected chi connectivity index (χ0v) is 20.3. The molecule has 1 aromatic rings. The van der Waals surface area contributed by atoms with Crippen LogP contribution < -0.4 is 5.32 Å². The van der Waals surface area contributed by atoms with E-state index in [1.807, 2.05) is 0 Å². The number of carbonyl (C=O) groups is 1. The largest absolute Gasteiger partial charge is 0.416 e. The van der Waals surface area contributed by atoms with Gasteiger partial charge in [-0.1, -0.05) is 6.07 Å². The van der Waals surface area contributed by atoms with Crippen molar-refractivity contribution in [1.29, 1.82) is 0 Å². The van der Waals surface area contributed by atoms with Crippen LogP contribution in [-0.2, 0) is 21.0 Å². The quantitative estimate of drug-likeness (QED) is 0.633. The fourth-order valence-electron chi connectivity index (χ4n) is 7.53. The molecule has 5 aliphatic rings. The predicted octanol–water partition coefficient (Wildman–Crippen LogP) is 4.83. The molecule has 0 spiro atoms. The van der Waals surface area contributed by atoms with Crippen molar-refractivity contribution in [2.75, 3.05) is 13.1 Å². The second-order valence-electron chi connectivity index (χ2n) is 11.2. The van der Waals surface area contributed by atoms with Crippen molar-refractivity contribution < 1.29 is 26.4 Å². The monoisotopic (exact) mass is 498 g/mol. The van der Waals surface area contributed by atoms with Crippen LogP contribution in [0.25, 0.3) is 0 Å². The molecule has 1 atom stereocenters. The van der Waals surface area contributed by atoms with Gasteiger partial charge in [-0.3, -0.25) is 4.79 Å². The summed E-state index contributed by atoms with van der Waals surface area (Å²) in [6, 6.07) is 3.96. The lowest BCUT2D eigenvalue weighted by Crippen LogP contribution is -2.56. The van der Waals surface area contributed by atoms with Crippen molar-refractivity contribution in [1.82, 2.24) is 9.62 Å². The van der Waals surface area contributed by atoms with E-state index in [9.17, 15) is 26.4 Å². The summed E-state index contributed by atoms with van der Waals surface area (Å²) in [6.07, 6.45) is 3.78. The minimum Gasteiger partial charge on any atom is -0.353 e. The Morgan fingerprint density at radius 3 is 2.15 bits per heavy atom. The Morgan fingerprint density at radius 1 is 1.06 bits per heavy atom. The SMILES string of the molecule is CC(NC(=O)C1CCN(S(=O)(=O)c2cccc(C(F)(F)F)c2)CC1)C12CC3CC(CC(C3)C1)C2. The molecular formula is C25H33F3N2O3S. The minimum absolute atomic E-state index is 0.0145. The van der Waals surface area contributed by atoms with E-state index in [-0.39, 0.29) is 41.3 Å². The molecule has 5 nitrogen and oxygen atoms in total. The van der Waals surface area contributed by atoms with E-state index >= 15 is 0 Å². The molecule has 188 valence electrons. The molecule has 6 rings (SSSR count). The van der Waals surface area contributed by atoms with E-state index < -0.39 is 21.8 Å². The normalized spacial score (nSPS) is 33.1. The Kier molecular flexibility index (Phi) is 6.03. The summed E-state index contributed by atoms with van der Waals surface area (Å²) < 4.78 is 66.2. The zero-order chi connectivity index (χ0) is 24.3. The lowest BCUT2D eigenvalue weighted by atomic mass is 9.48. The highest BCUT2D eigenvalue weighted by Gasteiger charge is 2.53. The molecule has 1 N–H and O–H groups in total. The Bertz CT molecular complexity index is 1010. The topological polar surface area (TPSA) is 66.5 Å². The number of hydrogen-bond acceptors (Lipinski definition) is 3. The summed E-state index contributed by atoms with van der Waals surface area (Å²) in [5, 5.41) is 3.28. The van der Waals surface area contributed by atoms with Gasteiger partial charge in [0, 0.05) is 25.0 Å². The van der Waals surface area contributed by atoms with Crippen molar-refractivity contribution in [3.63, 3.8) is 0 Å². The lowest BCUT2D eigenvalue weighted by molar-refractivity contribution is -0.137. The second kappa shape index (κ2) is 8.50. The van der Waals surface area contributed by atoms with E-state index in [1.165, 1.54) is 48.9 Å². The lowest BCUT2D eigenvalue weighted by Gasteiger charge is -2.59. The maximum Gasteiger partial charge on any atom is 0.416 e. The van der Waals surface area contributed by atoms with Gasteiger partial charge in [-0.25, -0.2) is 8.42 Å². The predicted molar refractivity (Wildman–Crippen MR) is 121 cm³/mol. The van der Waals surface area contributed by atoms with Crippen LogP contribution in [0.5, 0.6) is 0 Å². The van der Waals surface area contributed by atoms with Crippen LogP contribution in [-0.4, -0.2) is 37.8 Å². The van der Waals surface area contributed by atoms with Crippen molar-refractivity contribution in [3.8, 4) is 0 Å². The number of alkyl halides is 3. The molecule has 1 heterocycles. The van der Waals surface area contributed by atoms with Gasteiger partial charge in [-0.05, 0) is 99.7 Å². The molecule has 1 amide bonds. The maximum absolute atomic E-state index is 13.1. The van der Waals surface area contributed by atoms with Crippen LogP contribution >= 0.6 is 0 Å². The summed E-state index contributed by atoms with van der Waals surface area (Å²) in [5.41, 5.74) is -0.778. The summed E-state index contributed by atoms with van der Waals surface area (Å²) in [5.74, 6) is 2.11. The van der Waals surface area contributed by atoms with Gasteiger partial charge in [0.1, 0.15) is 0 Å². The van der Waals surface area contributed by atoms with E-state index in [4.69, 9.17) is 0 Å². The Hall–Kier alpha value is -1.61. The summed E-state index contributed by atoms with van der Waals surface area (Å²) in [6.45, 7) is 2.39. The average molecular weight is 499 g/mol. The van der Waals surface area contributed by atoms with Gasteiger partial charge in [-0.15, -0.1) is 0 Å². The number of nitrogens with zero attached hydrogens (tertiary/aromatic N) is 1. The number of hydrogen-bond donors (Lipinski definition) is 1. The van der Waals surface area contributed by atoms with Gasteiger partial charge in [-0.2, -0.15) is 17.5 Å². The number of amides is 1. The van der Waals surface area contributed by atoms with E-state index in [0.29, 0.717) is 18.9 Å². The molecule has 34 heavy (non-hydrogen) atoms. The molecule has 4 bridgehead atoms. The molecule has 1 aromatic carbocycles. The number of carbonyl (C=O) groups excluding carboxylic acids is 1. The van der Waals surface area contributed by atoms with Gasteiger partial charge in [0.05, 0.1) is 10.5 Å². The highest BCUT2D eigenvalue weighted by atomic mass is 32.2. The number of halogens is 3. The Labute approximate surface area is 199 Å². The van der Waals surface area contributed by atoms with Crippen LogP contribution in [0, 0.1) is 29.1 Å². The smallest absolute Gasteiger partial charge is 0.353 e. The third-order valence-electron chi connectivity index (χ3n) is 8.99. The third kappa shape index (κ3) is 4.38. The van der Waals surface area contributed by atoms with Gasteiger partial charge >= 0.3 is 6.18 Å². The first kappa shape index (κ1) is 24.1. The van der Waals surface area contributed by atoms with Gasteiger partial charge < -0.3 is 5.32 Å². The molecule has 1 aliphatic heterocycles. The van der Waals surface area contributed by atoms with Crippen LogP contribution in [0.15, 0.2) is 29.2 Å². The van der Waals surface area contributed by atoms with Gasteiger partial charge in [0.2, 0.25) is 15.9 Å². The van der Waals surface area contributed by atoms with E-state index in [2.05, 4.69) is 12.2 Å². The van der Waals surface area contributed by atoms with Crippen LogP contribution in [0.1, 0.15) is 63.9 Å². The Morgan fingerprint density at radius 2 is 1.62 bits per heavy atom. The van der Waals surface area contributed by atoms with Crippen molar-refractivity contribution in [3.05, 3.63) is 29.8 Å². The molecule has 0 radical (unpaired) electrons. The molecule has 9 heteroatoms. The third-order valence-corrected chi connectivity index (χ3v) is 10.9. The summed E-state index contributed by atoms with van der Waals surface area (Å²) in [4.78, 5) is 12.7. The minimum atomic E-state index is -4.61. The number of piperidine rings is 1. The van der Waals surface area contributed by atoms with Gasteiger partial charge in [0.25, 0.3) is 0 Å². The number of sulfonamides is 1. The highest BCUT2D eigenvalue weighted by molar-refractivity contribution is 7.89. The maximum atomic E-state index is 13.1. The second-order valence-corrected chi connectivity index (χ2v) is 13.2. The Balaban J connectivity index is 1.20. The van der Waals surface area contributed by atoms with Crippen LogP contribution in [0.4, 0.5) is 13.2 Å². The molecule has 0 aromatic heterocycles. The van der Waals surface area contributed by atoms with Crippen LogP contribution in [0.3, 0.4) is 0 Å². The number of benzene rings is 1. The van der Waals surface area contributed by atoms with Crippen molar-refractivity contribution >= 4 is 15.9 Å². The molecule has 5 fully saturated rings.